The average Bonchev–Trinajstić information content (AvgIpc) is 2.76. The van der Waals surface area contributed by atoms with Gasteiger partial charge in [-0.1, -0.05) is 38.1 Å². The van der Waals surface area contributed by atoms with E-state index in [1.807, 2.05) is 43.0 Å². The van der Waals surface area contributed by atoms with Crippen LogP contribution < -0.4 is 10.1 Å². The largest absolute Gasteiger partial charge is 0.479 e. The van der Waals surface area contributed by atoms with Crippen LogP contribution in [-0.4, -0.2) is 65.3 Å². The molecule has 0 saturated carbocycles. The minimum atomic E-state index is -3.08. The SMILES string of the molecule is Cc1ccc(NC(=O)C2(c3ccccc3C(C)C)CN(CCOC(C)(C)C(=O)O)C2)c(OC(F)F)n1. The lowest BCUT2D eigenvalue weighted by Gasteiger charge is -2.50. The predicted octanol–water partition coefficient (Wildman–Crippen LogP) is 4.19. The minimum Gasteiger partial charge on any atom is -0.479 e. The molecule has 0 atom stereocenters. The van der Waals surface area contributed by atoms with Crippen molar-refractivity contribution in [1.29, 1.82) is 0 Å². The number of aromatic nitrogens is 1. The Labute approximate surface area is 209 Å². The molecule has 2 aromatic rings. The van der Waals surface area contributed by atoms with E-state index in [1.54, 1.807) is 13.0 Å². The van der Waals surface area contributed by atoms with Crippen molar-refractivity contribution in [1.82, 2.24) is 9.88 Å². The number of anilines is 1. The highest BCUT2D eigenvalue weighted by Crippen LogP contribution is 2.40. The molecule has 1 fully saturated rings. The molecule has 10 heteroatoms. The first kappa shape index (κ1) is 27.5. The molecule has 1 amide bonds. The van der Waals surface area contributed by atoms with Crippen LogP contribution in [0.5, 0.6) is 5.88 Å². The molecule has 2 heterocycles. The number of nitrogens with zero attached hydrogens (tertiary/aromatic N) is 2. The van der Waals surface area contributed by atoms with Crippen molar-refractivity contribution in [2.75, 3.05) is 31.6 Å². The molecule has 196 valence electrons. The summed E-state index contributed by atoms with van der Waals surface area (Å²) in [5.74, 6) is -1.60. The molecule has 1 aliphatic rings. The van der Waals surface area contributed by atoms with Crippen LogP contribution in [0, 0.1) is 6.92 Å². The maximum atomic E-state index is 13.8. The molecule has 0 radical (unpaired) electrons. The van der Waals surface area contributed by atoms with Gasteiger partial charge in [-0.05, 0) is 49.9 Å². The standard InChI is InChI=1S/C26H33F2N3O5/c1-16(2)18-8-6-7-9-19(18)26(14-31(15-26)12-13-35-25(4,5)23(33)34)22(32)30-20-11-10-17(3)29-21(20)36-24(27)28/h6-11,16,24H,12-15H2,1-5H3,(H,30,32)(H,33,34). The van der Waals surface area contributed by atoms with Crippen molar-refractivity contribution >= 4 is 17.6 Å². The van der Waals surface area contributed by atoms with E-state index in [9.17, 15) is 23.5 Å². The molecule has 0 spiro atoms. The van der Waals surface area contributed by atoms with Crippen molar-refractivity contribution in [3.8, 4) is 5.88 Å². The van der Waals surface area contributed by atoms with Crippen molar-refractivity contribution in [2.45, 2.75) is 58.2 Å². The second kappa shape index (κ2) is 10.9. The Morgan fingerprint density at radius 3 is 2.47 bits per heavy atom. The van der Waals surface area contributed by atoms with Crippen LogP contribution in [0.3, 0.4) is 0 Å². The van der Waals surface area contributed by atoms with Crippen LogP contribution in [0.4, 0.5) is 14.5 Å². The fraction of sp³-hybridized carbons (Fsp3) is 0.500. The number of benzene rings is 1. The fourth-order valence-electron chi connectivity index (χ4n) is 4.28. The molecule has 2 N–H and O–H groups in total. The van der Waals surface area contributed by atoms with Crippen LogP contribution in [0.1, 0.15) is 50.4 Å². The number of alkyl halides is 2. The number of amides is 1. The summed E-state index contributed by atoms with van der Waals surface area (Å²) in [5.41, 5.74) is 0.151. The molecule has 0 bridgehead atoms. The number of likely N-dealkylation sites (tertiary alicyclic amines) is 1. The molecule has 1 aromatic heterocycles. The lowest BCUT2D eigenvalue weighted by atomic mass is 9.69. The van der Waals surface area contributed by atoms with Gasteiger partial charge in [-0.25, -0.2) is 9.78 Å². The Hall–Kier alpha value is -3.11. The lowest BCUT2D eigenvalue weighted by molar-refractivity contribution is -0.162. The molecular weight excluding hydrogens is 472 g/mol. The number of aryl methyl sites for hydroxylation is 1. The van der Waals surface area contributed by atoms with Gasteiger partial charge in [0.15, 0.2) is 5.60 Å². The van der Waals surface area contributed by atoms with Crippen LogP contribution in [0.15, 0.2) is 36.4 Å². The zero-order valence-corrected chi connectivity index (χ0v) is 21.2. The summed E-state index contributed by atoms with van der Waals surface area (Å²) in [6.45, 7) is 6.92. The highest BCUT2D eigenvalue weighted by atomic mass is 19.3. The van der Waals surface area contributed by atoms with E-state index in [1.165, 1.54) is 19.9 Å². The van der Waals surface area contributed by atoms with E-state index in [-0.39, 0.29) is 30.0 Å². The number of aliphatic carboxylic acids is 1. The number of ether oxygens (including phenoxy) is 2. The molecule has 1 aromatic carbocycles. The van der Waals surface area contributed by atoms with Gasteiger partial charge in [0.25, 0.3) is 0 Å². The first-order chi connectivity index (χ1) is 16.9. The number of halogens is 2. The number of hydrogen-bond donors (Lipinski definition) is 2. The number of hydrogen-bond acceptors (Lipinski definition) is 6. The molecule has 0 unspecified atom stereocenters. The lowest BCUT2D eigenvalue weighted by Crippen LogP contribution is -2.65. The maximum absolute atomic E-state index is 13.8. The zero-order chi connectivity index (χ0) is 26.7. The van der Waals surface area contributed by atoms with Gasteiger partial charge in [-0.2, -0.15) is 8.78 Å². The van der Waals surface area contributed by atoms with Gasteiger partial charge < -0.3 is 19.9 Å². The van der Waals surface area contributed by atoms with Gasteiger partial charge in [0, 0.05) is 25.3 Å². The third-order valence-electron chi connectivity index (χ3n) is 6.35. The van der Waals surface area contributed by atoms with Gasteiger partial charge in [0.2, 0.25) is 11.8 Å². The molecule has 8 nitrogen and oxygen atoms in total. The van der Waals surface area contributed by atoms with Crippen LogP contribution in [0.2, 0.25) is 0 Å². The van der Waals surface area contributed by atoms with Gasteiger partial charge >= 0.3 is 12.6 Å². The van der Waals surface area contributed by atoms with Crippen molar-refractivity contribution in [3.05, 3.63) is 53.2 Å². The van der Waals surface area contributed by atoms with Crippen LogP contribution >= 0.6 is 0 Å². The van der Waals surface area contributed by atoms with E-state index in [4.69, 9.17) is 4.74 Å². The average molecular weight is 506 g/mol. The second-order valence-corrected chi connectivity index (χ2v) is 9.84. The quantitative estimate of drug-likeness (QED) is 0.472. The van der Waals surface area contributed by atoms with Crippen LogP contribution in [0.25, 0.3) is 0 Å². The molecule has 0 aliphatic carbocycles. The Morgan fingerprint density at radius 2 is 1.86 bits per heavy atom. The van der Waals surface area contributed by atoms with Gasteiger partial charge in [0.1, 0.15) is 5.69 Å². The Morgan fingerprint density at radius 1 is 1.19 bits per heavy atom. The summed E-state index contributed by atoms with van der Waals surface area (Å²) in [7, 11) is 0. The number of nitrogens with one attached hydrogen (secondary N) is 1. The monoisotopic (exact) mass is 505 g/mol. The normalized spacial score (nSPS) is 15.6. The highest BCUT2D eigenvalue weighted by Gasteiger charge is 2.51. The maximum Gasteiger partial charge on any atom is 0.388 e. The molecule has 1 aliphatic heterocycles. The summed E-state index contributed by atoms with van der Waals surface area (Å²) < 4.78 is 36.0. The number of rotatable bonds is 11. The van der Waals surface area contributed by atoms with E-state index in [2.05, 4.69) is 15.0 Å². The van der Waals surface area contributed by atoms with Gasteiger partial charge in [-0.15, -0.1) is 0 Å². The summed E-state index contributed by atoms with van der Waals surface area (Å²) >= 11 is 0. The predicted molar refractivity (Wildman–Crippen MR) is 131 cm³/mol. The first-order valence-corrected chi connectivity index (χ1v) is 11.8. The fourth-order valence-corrected chi connectivity index (χ4v) is 4.28. The van der Waals surface area contributed by atoms with Crippen molar-refractivity contribution in [3.63, 3.8) is 0 Å². The summed E-state index contributed by atoms with van der Waals surface area (Å²) in [6, 6.07) is 10.8. The molecule has 1 saturated heterocycles. The number of pyridine rings is 1. The molecule has 3 rings (SSSR count). The minimum absolute atomic E-state index is 0.0669. The Bertz CT molecular complexity index is 1100. The number of carboxylic acid groups (broad SMARTS) is 1. The zero-order valence-electron chi connectivity index (χ0n) is 21.2. The highest BCUT2D eigenvalue weighted by molar-refractivity contribution is 6.01. The van der Waals surface area contributed by atoms with Crippen molar-refractivity contribution < 1.29 is 33.0 Å². The first-order valence-electron chi connectivity index (χ1n) is 11.8. The van der Waals surface area contributed by atoms with Crippen LogP contribution in [-0.2, 0) is 19.7 Å². The molecular formula is C26H33F2N3O5. The van der Waals surface area contributed by atoms with E-state index < -0.39 is 23.6 Å². The topological polar surface area (TPSA) is 101 Å². The molecule has 36 heavy (non-hydrogen) atoms. The van der Waals surface area contributed by atoms with Crippen molar-refractivity contribution in [2.24, 2.45) is 0 Å². The summed E-state index contributed by atoms with van der Waals surface area (Å²) in [4.78, 5) is 31.1. The number of carbonyl (C=O) groups is 2. The van der Waals surface area contributed by atoms with Gasteiger partial charge in [0.05, 0.1) is 12.0 Å². The number of carboxylic acids is 1. The van der Waals surface area contributed by atoms with E-state index in [0.29, 0.717) is 25.3 Å². The Kier molecular flexibility index (Phi) is 8.30. The summed E-state index contributed by atoms with van der Waals surface area (Å²) in [6.07, 6.45) is 0. The smallest absolute Gasteiger partial charge is 0.388 e. The Balaban J connectivity index is 1.86. The van der Waals surface area contributed by atoms with E-state index >= 15 is 0 Å². The third-order valence-corrected chi connectivity index (χ3v) is 6.35. The van der Waals surface area contributed by atoms with Gasteiger partial charge in [-0.3, -0.25) is 9.69 Å². The third kappa shape index (κ3) is 5.99. The number of carbonyl (C=O) groups excluding carboxylic acids is 1. The summed E-state index contributed by atoms with van der Waals surface area (Å²) in [5, 5.41) is 12.0. The van der Waals surface area contributed by atoms with E-state index in [0.717, 1.165) is 11.1 Å². The second-order valence-electron chi connectivity index (χ2n) is 9.84.